The minimum Gasteiger partial charge on any atom is -0.439 e. The topological polar surface area (TPSA) is 56.6 Å². The number of hydrogen-bond donors (Lipinski definition) is 0. The predicted octanol–water partition coefficient (Wildman–Crippen LogP) is 6.19. The summed E-state index contributed by atoms with van der Waals surface area (Å²) in [5, 5.41) is 4.90. The number of nitrogens with zero attached hydrogens (tertiary/aromatic N) is 3. The quantitative estimate of drug-likeness (QED) is 0.276. The summed E-state index contributed by atoms with van der Waals surface area (Å²) in [6.07, 6.45) is 2.48. The molecule has 5 rings (SSSR count). The zero-order valence-electron chi connectivity index (χ0n) is 20.8. The van der Waals surface area contributed by atoms with Gasteiger partial charge in [0.25, 0.3) is 5.91 Å². The number of aromatic nitrogens is 2. The molecule has 1 aliphatic heterocycles. The molecule has 0 bridgehead atoms. The standard InChI is InChI=1S/C30H30FN3O3/c1-2-28-27(21-33(20-26-14-9-19-36-26)29(35)22-15-17-23(31)18-16-22)30(37-25-12-7-4-8-13-25)34(32-28)24-10-5-3-6-11-24/h3-8,10-13,15-18,26H,2,9,14,19-21H2,1H3/t26-/m1/s1. The number of carbonyl (C=O) groups excluding carboxylic acids is 1. The summed E-state index contributed by atoms with van der Waals surface area (Å²) in [7, 11) is 0. The molecule has 1 aliphatic rings. The van der Waals surface area contributed by atoms with Gasteiger partial charge >= 0.3 is 0 Å². The normalized spacial score (nSPS) is 15.0. The smallest absolute Gasteiger partial charge is 0.254 e. The average Bonchev–Trinajstić information content (AvgIpc) is 3.57. The molecule has 4 aromatic rings. The van der Waals surface area contributed by atoms with Gasteiger partial charge in [0.2, 0.25) is 5.88 Å². The Bertz CT molecular complexity index is 1320. The number of halogens is 1. The first kappa shape index (κ1) is 24.7. The number of aryl methyl sites for hydroxylation is 1. The highest BCUT2D eigenvalue weighted by Gasteiger charge is 2.28. The van der Waals surface area contributed by atoms with Gasteiger partial charge in [-0.25, -0.2) is 9.07 Å². The molecule has 0 unspecified atom stereocenters. The maximum absolute atomic E-state index is 13.7. The Labute approximate surface area is 216 Å². The van der Waals surface area contributed by atoms with Crippen molar-refractivity contribution in [3.63, 3.8) is 0 Å². The number of benzene rings is 3. The molecule has 37 heavy (non-hydrogen) atoms. The van der Waals surface area contributed by atoms with E-state index in [4.69, 9.17) is 14.6 Å². The summed E-state index contributed by atoms with van der Waals surface area (Å²) in [6, 6.07) is 25.0. The van der Waals surface area contributed by atoms with Crippen LogP contribution in [-0.4, -0.2) is 39.8 Å². The molecule has 190 valence electrons. The molecule has 0 N–H and O–H groups in total. The van der Waals surface area contributed by atoms with Gasteiger partial charge in [-0.2, -0.15) is 5.10 Å². The van der Waals surface area contributed by atoms with E-state index in [1.54, 1.807) is 9.58 Å². The third-order valence-electron chi connectivity index (χ3n) is 6.49. The Kier molecular flexibility index (Phi) is 7.61. The van der Waals surface area contributed by atoms with E-state index < -0.39 is 0 Å². The molecule has 1 saturated heterocycles. The van der Waals surface area contributed by atoms with Crippen molar-refractivity contribution in [1.82, 2.24) is 14.7 Å². The van der Waals surface area contributed by atoms with Gasteiger partial charge in [-0.1, -0.05) is 43.3 Å². The van der Waals surface area contributed by atoms with Crippen LogP contribution in [0, 0.1) is 5.82 Å². The third kappa shape index (κ3) is 5.73. The predicted molar refractivity (Wildman–Crippen MR) is 140 cm³/mol. The average molecular weight is 500 g/mol. The van der Waals surface area contributed by atoms with Gasteiger partial charge in [0.1, 0.15) is 11.6 Å². The van der Waals surface area contributed by atoms with Gasteiger partial charge in [-0.05, 0) is 67.8 Å². The minimum atomic E-state index is -0.377. The van der Waals surface area contributed by atoms with Crippen molar-refractivity contribution in [2.45, 2.75) is 38.8 Å². The van der Waals surface area contributed by atoms with Crippen LogP contribution in [0.2, 0.25) is 0 Å². The zero-order valence-corrected chi connectivity index (χ0v) is 20.8. The summed E-state index contributed by atoms with van der Waals surface area (Å²) in [5.41, 5.74) is 2.98. The van der Waals surface area contributed by atoms with Crippen molar-refractivity contribution in [3.05, 3.63) is 108 Å². The van der Waals surface area contributed by atoms with Crippen LogP contribution in [0.25, 0.3) is 5.69 Å². The molecule has 0 radical (unpaired) electrons. The van der Waals surface area contributed by atoms with Gasteiger partial charge in [0.05, 0.1) is 29.6 Å². The molecule has 7 heteroatoms. The van der Waals surface area contributed by atoms with E-state index in [2.05, 4.69) is 0 Å². The molecule has 1 atom stereocenters. The van der Waals surface area contributed by atoms with E-state index in [-0.39, 0.29) is 24.4 Å². The van der Waals surface area contributed by atoms with Crippen LogP contribution < -0.4 is 4.74 Å². The highest BCUT2D eigenvalue weighted by molar-refractivity contribution is 5.94. The van der Waals surface area contributed by atoms with Crippen LogP contribution in [0.1, 0.15) is 41.4 Å². The highest BCUT2D eigenvalue weighted by Crippen LogP contribution is 2.33. The third-order valence-corrected chi connectivity index (χ3v) is 6.49. The Morgan fingerprint density at radius 1 is 1.05 bits per heavy atom. The first-order valence-electron chi connectivity index (χ1n) is 12.7. The van der Waals surface area contributed by atoms with E-state index in [0.29, 0.717) is 36.8 Å². The van der Waals surface area contributed by atoms with Crippen LogP contribution >= 0.6 is 0 Å². The molecule has 0 saturated carbocycles. The van der Waals surface area contributed by atoms with Crippen molar-refractivity contribution >= 4 is 5.91 Å². The lowest BCUT2D eigenvalue weighted by Crippen LogP contribution is -2.37. The maximum atomic E-state index is 13.7. The van der Waals surface area contributed by atoms with Crippen LogP contribution in [0.3, 0.4) is 0 Å². The van der Waals surface area contributed by atoms with Crippen LogP contribution in [0.4, 0.5) is 4.39 Å². The molecule has 1 amide bonds. The van der Waals surface area contributed by atoms with E-state index in [0.717, 1.165) is 29.8 Å². The summed E-state index contributed by atoms with van der Waals surface area (Å²) >= 11 is 0. The van der Waals surface area contributed by atoms with Crippen molar-refractivity contribution in [3.8, 4) is 17.3 Å². The molecule has 1 fully saturated rings. The fourth-order valence-corrected chi connectivity index (χ4v) is 4.59. The SMILES string of the molecule is CCc1nn(-c2ccccc2)c(Oc2ccccc2)c1CN(C[C@H]1CCCO1)C(=O)c1ccc(F)cc1. The van der Waals surface area contributed by atoms with E-state index in [1.807, 2.05) is 67.6 Å². The summed E-state index contributed by atoms with van der Waals surface area (Å²) in [6.45, 7) is 3.45. The molecule has 6 nitrogen and oxygen atoms in total. The van der Waals surface area contributed by atoms with Gasteiger partial charge in [0, 0.05) is 18.7 Å². The monoisotopic (exact) mass is 499 g/mol. The van der Waals surface area contributed by atoms with Crippen LogP contribution in [0.15, 0.2) is 84.9 Å². The van der Waals surface area contributed by atoms with Crippen molar-refractivity contribution in [1.29, 1.82) is 0 Å². The first-order valence-corrected chi connectivity index (χ1v) is 12.7. The van der Waals surface area contributed by atoms with Crippen LogP contribution in [-0.2, 0) is 17.7 Å². The Hall–Kier alpha value is -3.97. The molecular formula is C30H30FN3O3. The molecule has 1 aromatic heterocycles. The molecular weight excluding hydrogens is 469 g/mol. The second-order valence-electron chi connectivity index (χ2n) is 9.07. The van der Waals surface area contributed by atoms with Gasteiger partial charge in [0.15, 0.2) is 0 Å². The Balaban J connectivity index is 1.56. The number of rotatable bonds is 9. The summed E-state index contributed by atoms with van der Waals surface area (Å²) in [5.74, 6) is 0.686. The van der Waals surface area contributed by atoms with Gasteiger partial charge < -0.3 is 14.4 Å². The zero-order chi connectivity index (χ0) is 25.6. The first-order chi connectivity index (χ1) is 18.1. The Morgan fingerprint density at radius 3 is 2.41 bits per heavy atom. The van der Waals surface area contributed by atoms with Crippen molar-refractivity contribution < 1.29 is 18.7 Å². The van der Waals surface area contributed by atoms with E-state index in [9.17, 15) is 9.18 Å². The number of carbonyl (C=O) groups is 1. The Morgan fingerprint density at radius 2 is 1.76 bits per heavy atom. The summed E-state index contributed by atoms with van der Waals surface area (Å²) in [4.78, 5) is 15.4. The fourth-order valence-electron chi connectivity index (χ4n) is 4.59. The fraction of sp³-hybridized carbons (Fsp3) is 0.267. The number of hydrogen-bond acceptors (Lipinski definition) is 4. The number of amides is 1. The minimum absolute atomic E-state index is 0.0443. The largest absolute Gasteiger partial charge is 0.439 e. The maximum Gasteiger partial charge on any atom is 0.254 e. The van der Waals surface area contributed by atoms with Gasteiger partial charge in [-0.3, -0.25) is 4.79 Å². The van der Waals surface area contributed by atoms with Crippen molar-refractivity contribution in [2.75, 3.05) is 13.2 Å². The summed E-state index contributed by atoms with van der Waals surface area (Å²) < 4.78 is 27.7. The molecule has 3 aromatic carbocycles. The molecule has 0 aliphatic carbocycles. The van der Waals surface area contributed by atoms with Crippen LogP contribution in [0.5, 0.6) is 11.6 Å². The molecule has 0 spiro atoms. The highest BCUT2D eigenvalue weighted by atomic mass is 19.1. The lowest BCUT2D eigenvalue weighted by molar-refractivity contribution is 0.0505. The number of ether oxygens (including phenoxy) is 2. The van der Waals surface area contributed by atoms with E-state index in [1.165, 1.54) is 24.3 Å². The molecule has 2 heterocycles. The lowest BCUT2D eigenvalue weighted by atomic mass is 10.1. The second-order valence-corrected chi connectivity index (χ2v) is 9.07. The van der Waals surface area contributed by atoms with E-state index >= 15 is 0 Å². The lowest BCUT2D eigenvalue weighted by Gasteiger charge is -2.26. The van der Waals surface area contributed by atoms with Crippen molar-refractivity contribution in [2.24, 2.45) is 0 Å². The van der Waals surface area contributed by atoms with Gasteiger partial charge in [-0.15, -0.1) is 0 Å². The second kappa shape index (κ2) is 11.4. The number of para-hydroxylation sites is 2.